The second-order valence-electron chi connectivity index (χ2n) is 2.53. The summed E-state index contributed by atoms with van der Waals surface area (Å²) in [5, 5.41) is 0. The van der Waals surface area contributed by atoms with Crippen LogP contribution in [0.3, 0.4) is 0 Å². The molecule has 0 aliphatic carbocycles. The molecule has 14 heavy (non-hydrogen) atoms. The van der Waals surface area contributed by atoms with E-state index in [1.807, 2.05) is 0 Å². The predicted octanol–water partition coefficient (Wildman–Crippen LogP) is 2.05. The molecule has 0 saturated heterocycles. The first-order chi connectivity index (χ1) is 6.60. The topological polar surface area (TPSA) is 56.0 Å². The summed E-state index contributed by atoms with van der Waals surface area (Å²) in [6.45, 7) is -0.0859. The third kappa shape index (κ3) is 2.13. The number of hydrogen-bond donors (Lipinski definition) is 1. The average molecular weight is 265 g/mol. The number of carbonyl (C=O) groups is 1. The van der Waals surface area contributed by atoms with E-state index in [0.29, 0.717) is 6.29 Å². The zero-order chi connectivity index (χ0) is 10.7. The highest BCUT2D eigenvalue weighted by Gasteiger charge is 2.16. The highest BCUT2D eigenvalue weighted by Crippen LogP contribution is 2.25. The molecule has 1 heterocycles. The molecule has 0 unspecified atom stereocenters. The van der Waals surface area contributed by atoms with Crippen LogP contribution in [0.1, 0.15) is 28.0 Å². The molecular weight excluding hydrogens is 258 g/mol. The number of rotatable bonds is 3. The normalized spacial score (nSPS) is 10.6. The molecular formula is C8H7BrF2N2O. The Balaban J connectivity index is 3.32. The van der Waals surface area contributed by atoms with Gasteiger partial charge < -0.3 is 5.73 Å². The van der Waals surface area contributed by atoms with Crippen molar-refractivity contribution in [3.63, 3.8) is 0 Å². The Morgan fingerprint density at radius 3 is 2.71 bits per heavy atom. The summed E-state index contributed by atoms with van der Waals surface area (Å²) >= 11 is 2.99. The quantitative estimate of drug-likeness (QED) is 0.672. The maximum atomic E-state index is 12.4. The molecule has 1 aromatic heterocycles. The number of hydrogen-bond acceptors (Lipinski definition) is 3. The monoisotopic (exact) mass is 264 g/mol. The zero-order valence-electron chi connectivity index (χ0n) is 7.01. The van der Waals surface area contributed by atoms with E-state index < -0.39 is 6.43 Å². The van der Waals surface area contributed by atoms with Crippen molar-refractivity contribution in [2.45, 2.75) is 13.0 Å². The van der Waals surface area contributed by atoms with Crippen LogP contribution in [0.4, 0.5) is 8.78 Å². The first-order valence-corrected chi connectivity index (χ1v) is 4.52. The van der Waals surface area contributed by atoms with Crippen molar-refractivity contribution in [1.29, 1.82) is 0 Å². The van der Waals surface area contributed by atoms with Gasteiger partial charge in [-0.05, 0) is 22.0 Å². The molecule has 0 aliphatic heterocycles. The van der Waals surface area contributed by atoms with Crippen molar-refractivity contribution in [3.8, 4) is 0 Å². The van der Waals surface area contributed by atoms with Crippen molar-refractivity contribution in [2.24, 2.45) is 5.73 Å². The van der Waals surface area contributed by atoms with Gasteiger partial charge in [-0.25, -0.2) is 13.8 Å². The molecule has 0 fully saturated rings. The van der Waals surface area contributed by atoms with Gasteiger partial charge in [-0.2, -0.15) is 0 Å². The molecule has 0 bridgehead atoms. The van der Waals surface area contributed by atoms with Gasteiger partial charge in [0.25, 0.3) is 6.43 Å². The lowest BCUT2D eigenvalue weighted by Crippen LogP contribution is -2.07. The van der Waals surface area contributed by atoms with Gasteiger partial charge >= 0.3 is 0 Å². The maximum Gasteiger partial charge on any atom is 0.265 e. The number of aldehydes is 1. The lowest BCUT2D eigenvalue weighted by Gasteiger charge is -2.07. The highest BCUT2D eigenvalue weighted by molar-refractivity contribution is 9.10. The van der Waals surface area contributed by atoms with E-state index in [1.165, 1.54) is 0 Å². The van der Waals surface area contributed by atoms with Crippen LogP contribution in [0.2, 0.25) is 0 Å². The van der Waals surface area contributed by atoms with Gasteiger partial charge in [-0.1, -0.05) is 0 Å². The Hall–Kier alpha value is -0.880. The summed E-state index contributed by atoms with van der Waals surface area (Å²) in [6, 6.07) is 1.09. The molecule has 0 aliphatic rings. The van der Waals surface area contributed by atoms with E-state index in [9.17, 15) is 13.6 Å². The average Bonchev–Trinajstić information content (AvgIpc) is 2.16. The van der Waals surface area contributed by atoms with Gasteiger partial charge in [0, 0.05) is 17.7 Å². The Morgan fingerprint density at radius 1 is 1.64 bits per heavy atom. The minimum atomic E-state index is -2.67. The van der Waals surface area contributed by atoms with Crippen molar-refractivity contribution in [3.05, 3.63) is 27.5 Å². The van der Waals surface area contributed by atoms with Crippen molar-refractivity contribution < 1.29 is 13.6 Å². The van der Waals surface area contributed by atoms with E-state index in [4.69, 9.17) is 5.73 Å². The number of nitrogens with two attached hydrogens (primary N) is 1. The summed E-state index contributed by atoms with van der Waals surface area (Å²) in [5.41, 5.74) is 5.14. The Labute approximate surface area is 87.4 Å². The molecule has 0 saturated carbocycles. The number of aromatic nitrogens is 1. The number of pyridine rings is 1. The van der Waals surface area contributed by atoms with Crippen LogP contribution in [0, 0.1) is 0 Å². The molecule has 3 nitrogen and oxygen atoms in total. The second-order valence-corrected chi connectivity index (χ2v) is 3.28. The number of alkyl halides is 2. The summed E-state index contributed by atoms with van der Waals surface area (Å²) in [7, 11) is 0. The van der Waals surface area contributed by atoms with Gasteiger partial charge in [0.05, 0.1) is 5.69 Å². The van der Waals surface area contributed by atoms with Crippen LogP contribution in [0.5, 0.6) is 0 Å². The molecule has 1 aromatic rings. The Morgan fingerprint density at radius 2 is 2.29 bits per heavy atom. The van der Waals surface area contributed by atoms with Crippen LogP contribution >= 0.6 is 15.9 Å². The van der Waals surface area contributed by atoms with E-state index in [0.717, 1.165) is 6.07 Å². The number of carbonyl (C=O) groups excluding carboxylic acids is 1. The zero-order valence-corrected chi connectivity index (χ0v) is 8.59. The first-order valence-electron chi connectivity index (χ1n) is 3.72. The van der Waals surface area contributed by atoms with Gasteiger partial charge in [-0.15, -0.1) is 0 Å². The molecule has 0 spiro atoms. The maximum absolute atomic E-state index is 12.4. The fraction of sp³-hybridized carbons (Fsp3) is 0.250. The van der Waals surface area contributed by atoms with Gasteiger partial charge in [0.1, 0.15) is 4.60 Å². The lowest BCUT2D eigenvalue weighted by molar-refractivity contribution is 0.112. The minimum Gasteiger partial charge on any atom is -0.325 e. The number of nitrogens with zero attached hydrogens (tertiary/aromatic N) is 1. The second kappa shape index (κ2) is 4.56. The Bertz CT molecular complexity index is 357. The smallest absolute Gasteiger partial charge is 0.265 e. The fourth-order valence-corrected chi connectivity index (χ4v) is 1.42. The SMILES string of the molecule is NCc1nc(Br)c(C=O)cc1C(F)F. The highest BCUT2D eigenvalue weighted by atomic mass is 79.9. The van der Waals surface area contributed by atoms with Crippen LogP contribution < -0.4 is 5.73 Å². The van der Waals surface area contributed by atoms with Gasteiger partial charge in [0.2, 0.25) is 0 Å². The molecule has 0 atom stereocenters. The molecule has 6 heteroatoms. The molecule has 76 valence electrons. The van der Waals surface area contributed by atoms with Crippen LogP contribution in [0.25, 0.3) is 0 Å². The van der Waals surface area contributed by atoms with Crippen LogP contribution in [-0.2, 0) is 6.54 Å². The predicted molar refractivity (Wildman–Crippen MR) is 50.2 cm³/mol. The van der Waals surface area contributed by atoms with Crippen LogP contribution in [0.15, 0.2) is 10.7 Å². The molecule has 0 amide bonds. The number of halogens is 3. The summed E-state index contributed by atoms with van der Waals surface area (Å²) in [6.07, 6.45) is -2.21. The molecule has 2 N–H and O–H groups in total. The largest absolute Gasteiger partial charge is 0.325 e. The molecule has 0 aromatic carbocycles. The first kappa shape index (κ1) is 11.2. The van der Waals surface area contributed by atoms with E-state index in [1.54, 1.807) is 0 Å². The van der Waals surface area contributed by atoms with Crippen molar-refractivity contribution in [1.82, 2.24) is 4.98 Å². The standard InChI is InChI=1S/C8H7BrF2N2O/c9-7-4(3-14)1-5(8(10)11)6(2-12)13-7/h1,3,8H,2,12H2. The lowest BCUT2D eigenvalue weighted by atomic mass is 10.1. The summed E-state index contributed by atoms with van der Waals surface area (Å²) in [5.74, 6) is 0. The van der Waals surface area contributed by atoms with E-state index in [2.05, 4.69) is 20.9 Å². The van der Waals surface area contributed by atoms with Gasteiger partial charge in [-0.3, -0.25) is 4.79 Å². The summed E-state index contributed by atoms with van der Waals surface area (Å²) < 4.78 is 25.1. The third-order valence-corrected chi connectivity index (χ3v) is 2.31. The summed E-state index contributed by atoms with van der Waals surface area (Å²) in [4.78, 5) is 14.2. The van der Waals surface area contributed by atoms with Gasteiger partial charge in [0.15, 0.2) is 6.29 Å². The third-order valence-electron chi connectivity index (χ3n) is 1.67. The molecule has 0 radical (unpaired) electrons. The fourth-order valence-electron chi connectivity index (χ4n) is 0.993. The minimum absolute atomic E-state index is 0.0859. The van der Waals surface area contributed by atoms with Crippen LogP contribution in [-0.4, -0.2) is 11.3 Å². The molecule has 1 rings (SSSR count). The Kier molecular flexibility index (Phi) is 3.65. The van der Waals surface area contributed by atoms with E-state index in [-0.39, 0.29) is 28.0 Å². The van der Waals surface area contributed by atoms with Crippen molar-refractivity contribution >= 4 is 22.2 Å². The van der Waals surface area contributed by atoms with Crippen molar-refractivity contribution in [2.75, 3.05) is 0 Å². The van der Waals surface area contributed by atoms with E-state index >= 15 is 0 Å².